The van der Waals surface area contributed by atoms with Crippen molar-refractivity contribution in [3.05, 3.63) is 0 Å². The van der Waals surface area contributed by atoms with Crippen molar-refractivity contribution in [1.29, 1.82) is 0 Å². The van der Waals surface area contributed by atoms with Crippen LogP contribution in [0.25, 0.3) is 0 Å². The summed E-state index contributed by atoms with van der Waals surface area (Å²) in [6, 6.07) is 0. The molecule has 6 heteroatoms. The fraction of sp³-hybridized carbons (Fsp3) is 0.938. The van der Waals surface area contributed by atoms with Gasteiger partial charge in [0.25, 0.3) is 0 Å². The second-order valence-electron chi connectivity index (χ2n) is 16.4. The third kappa shape index (κ3) is 41.6. The molecule has 0 spiro atoms. The molecule has 0 heterocycles. The van der Waals surface area contributed by atoms with Crippen molar-refractivity contribution < 1.29 is 28.6 Å². The Bertz CT molecular complexity index is 798. The van der Waals surface area contributed by atoms with E-state index in [9.17, 15) is 14.4 Å². The highest BCUT2D eigenvalue weighted by Crippen LogP contribution is 2.16. The van der Waals surface area contributed by atoms with Crippen LogP contribution in [0.2, 0.25) is 0 Å². The van der Waals surface area contributed by atoms with Crippen molar-refractivity contribution in [2.45, 2.75) is 277 Å². The van der Waals surface area contributed by atoms with Gasteiger partial charge in [-0.05, 0) is 19.3 Å². The Morgan fingerprint density at radius 2 is 0.500 bits per heavy atom. The molecule has 6 nitrogen and oxygen atoms in total. The average Bonchev–Trinajstić information content (AvgIpc) is 3.17. The maximum absolute atomic E-state index is 12.7. The Morgan fingerprint density at radius 1 is 0.296 bits per heavy atom. The van der Waals surface area contributed by atoms with E-state index in [0.29, 0.717) is 19.3 Å². The molecule has 0 radical (unpaired) electrons. The fourth-order valence-corrected chi connectivity index (χ4v) is 7.21. The standard InChI is InChI=1S/C48H92O6/c1-4-7-10-13-16-19-20-21-22-23-24-25-26-27-30-32-35-38-41-47(50)53-44-45(54-48(51)42-39-36-33-29-18-15-12-9-6-3)43-52-46(49)40-37-34-31-28-17-14-11-8-5-2/h45H,4-44H2,1-3H3/t45-/m1/s1. The number of esters is 3. The van der Waals surface area contributed by atoms with Crippen LogP contribution in [0, 0.1) is 0 Å². The summed E-state index contributed by atoms with van der Waals surface area (Å²) in [5.41, 5.74) is 0. The monoisotopic (exact) mass is 765 g/mol. The number of unbranched alkanes of at least 4 members (excludes halogenated alkanes) is 33. The van der Waals surface area contributed by atoms with Gasteiger partial charge in [-0.2, -0.15) is 0 Å². The zero-order valence-corrected chi connectivity index (χ0v) is 36.5. The zero-order chi connectivity index (χ0) is 39.4. The van der Waals surface area contributed by atoms with Crippen LogP contribution in [-0.2, 0) is 28.6 Å². The molecule has 1 atom stereocenters. The molecule has 0 bridgehead atoms. The van der Waals surface area contributed by atoms with Crippen molar-refractivity contribution in [3.8, 4) is 0 Å². The zero-order valence-electron chi connectivity index (χ0n) is 36.5. The van der Waals surface area contributed by atoms with Crippen molar-refractivity contribution in [1.82, 2.24) is 0 Å². The van der Waals surface area contributed by atoms with Gasteiger partial charge in [0, 0.05) is 19.3 Å². The van der Waals surface area contributed by atoms with E-state index in [4.69, 9.17) is 14.2 Å². The van der Waals surface area contributed by atoms with E-state index in [1.54, 1.807) is 0 Å². The summed E-state index contributed by atoms with van der Waals surface area (Å²) in [5, 5.41) is 0. The van der Waals surface area contributed by atoms with E-state index in [1.807, 2.05) is 0 Å². The minimum Gasteiger partial charge on any atom is -0.462 e. The van der Waals surface area contributed by atoms with Crippen LogP contribution in [0.3, 0.4) is 0 Å². The lowest BCUT2D eigenvalue weighted by molar-refractivity contribution is -0.167. The smallest absolute Gasteiger partial charge is 0.306 e. The summed E-state index contributed by atoms with van der Waals surface area (Å²) in [6.07, 6.45) is 45.2. The lowest BCUT2D eigenvalue weighted by Crippen LogP contribution is -2.30. The minimum atomic E-state index is -0.757. The van der Waals surface area contributed by atoms with Gasteiger partial charge in [0.15, 0.2) is 6.10 Å². The van der Waals surface area contributed by atoms with Crippen molar-refractivity contribution >= 4 is 17.9 Å². The Labute approximate surface area is 336 Å². The molecule has 0 saturated carbocycles. The largest absolute Gasteiger partial charge is 0.462 e. The number of ether oxygens (including phenoxy) is 3. The van der Waals surface area contributed by atoms with Crippen LogP contribution in [0.4, 0.5) is 0 Å². The molecule has 0 aromatic heterocycles. The molecule has 0 saturated heterocycles. The molecular weight excluding hydrogens is 673 g/mol. The van der Waals surface area contributed by atoms with Crippen molar-refractivity contribution in [3.63, 3.8) is 0 Å². The maximum Gasteiger partial charge on any atom is 0.306 e. The molecule has 54 heavy (non-hydrogen) atoms. The highest BCUT2D eigenvalue weighted by atomic mass is 16.6. The Balaban J connectivity index is 4.18. The summed E-state index contributed by atoms with van der Waals surface area (Å²) >= 11 is 0. The third-order valence-corrected chi connectivity index (χ3v) is 10.9. The first-order valence-corrected chi connectivity index (χ1v) is 24.0. The molecular formula is C48H92O6. The molecule has 0 amide bonds. The van der Waals surface area contributed by atoms with Crippen molar-refractivity contribution in [2.75, 3.05) is 13.2 Å². The number of hydrogen-bond donors (Lipinski definition) is 0. The van der Waals surface area contributed by atoms with Crippen LogP contribution in [0.1, 0.15) is 271 Å². The molecule has 0 aliphatic heterocycles. The fourth-order valence-electron chi connectivity index (χ4n) is 7.21. The normalized spacial score (nSPS) is 11.8. The number of carbonyl (C=O) groups excluding carboxylic acids is 3. The van der Waals surface area contributed by atoms with Crippen LogP contribution < -0.4 is 0 Å². The van der Waals surface area contributed by atoms with Gasteiger partial charge in [-0.25, -0.2) is 0 Å². The van der Waals surface area contributed by atoms with Crippen LogP contribution in [0.15, 0.2) is 0 Å². The molecule has 320 valence electrons. The summed E-state index contributed by atoms with van der Waals surface area (Å²) in [4.78, 5) is 37.6. The van der Waals surface area contributed by atoms with E-state index in [-0.39, 0.29) is 31.1 Å². The third-order valence-electron chi connectivity index (χ3n) is 10.9. The molecule has 0 fully saturated rings. The highest BCUT2D eigenvalue weighted by molar-refractivity contribution is 5.71. The van der Waals surface area contributed by atoms with Crippen LogP contribution >= 0.6 is 0 Å². The van der Waals surface area contributed by atoms with E-state index >= 15 is 0 Å². The number of carbonyl (C=O) groups is 3. The van der Waals surface area contributed by atoms with Gasteiger partial charge in [-0.15, -0.1) is 0 Å². The summed E-state index contributed by atoms with van der Waals surface area (Å²) in [6.45, 7) is 6.63. The van der Waals surface area contributed by atoms with Crippen LogP contribution in [-0.4, -0.2) is 37.2 Å². The van der Waals surface area contributed by atoms with Gasteiger partial charge in [-0.1, -0.05) is 233 Å². The SMILES string of the molecule is CCCCCCCCCCCCCCCCCCCCC(=O)OC[C@@H](COC(=O)CCCCCCCCCCC)OC(=O)CCCCCCCCCCC. The van der Waals surface area contributed by atoms with Gasteiger partial charge in [0.2, 0.25) is 0 Å². The molecule has 0 aliphatic rings. The lowest BCUT2D eigenvalue weighted by atomic mass is 10.0. The quantitative estimate of drug-likeness (QED) is 0.0349. The van der Waals surface area contributed by atoms with Gasteiger partial charge in [-0.3, -0.25) is 14.4 Å². The minimum absolute atomic E-state index is 0.0628. The number of rotatable bonds is 44. The molecule has 0 aromatic carbocycles. The molecule has 0 aromatic rings. The summed E-state index contributed by atoms with van der Waals surface area (Å²) in [7, 11) is 0. The van der Waals surface area contributed by atoms with Crippen LogP contribution in [0.5, 0.6) is 0 Å². The highest BCUT2D eigenvalue weighted by Gasteiger charge is 2.19. The van der Waals surface area contributed by atoms with E-state index in [0.717, 1.165) is 57.8 Å². The Morgan fingerprint density at radius 3 is 0.741 bits per heavy atom. The average molecular weight is 765 g/mol. The van der Waals surface area contributed by atoms with E-state index < -0.39 is 6.10 Å². The van der Waals surface area contributed by atoms with Gasteiger partial charge in [0.1, 0.15) is 13.2 Å². The first-order valence-electron chi connectivity index (χ1n) is 24.0. The number of hydrogen-bond acceptors (Lipinski definition) is 6. The second-order valence-corrected chi connectivity index (χ2v) is 16.4. The summed E-state index contributed by atoms with van der Waals surface area (Å²) in [5.74, 6) is -0.854. The molecule has 0 rings (SSSR count). The Kier molecular flexibility index (Phi) is 42.8. The first-order chi connectivity index (χ1) is 26.5. The lowest BCUT2D eigenvalue weighted by Gasteiger charge is -2.18. The maximum atomic E-state index is 12.7. The second kappa shape index (κ2) is 44.1. The predicted octanol–water partition coefficient (Wildman–Crippen LogP) is 15.3. The van der Waals surface area contributed by atoms with Crippen molar-refractivity contribution in [2.24, 2.45) is 0 Å². The summed E-state index contributed by atoms with van der Waals surface area (Å²) < 4.78 is 16.7. The van der Waals surface area contributed by atoms with E-state index in [1.165, 1.54) is 173 Å². The topological polar surface area (TPSA) is 78.9 Å². The predicted molar refractivity (Wildman–Crippen MR) is 229 cm³/mol. The van der Waals surface area contributed by atoms with Gasteiger partial charge < -0.3 is 14.2 Å². The Hall–Kier alpha value is -1.59. The molecule has 0 aliphatic carbocycles. The van der Waals surface area contributed by atoms with Gasteiger partial charge >= 0.3 is 17.9 Å². The van der Waals surface area contributed by atoms with E-state index in [2.05, 4.69) is 20.8 Å². The van der Waals surface area contributed by atoms with Gasteiger partial charge in [0.05, 0.1) is 0 Å². The first kappa shape index (κ1) is 52.4. The molecule has 0 N–H and O–H groups in total. The molecule has 0 unspecified atom stereocenters.